The number of nitrogens with one attached hydrogen (secondary N) is 1. The molecule has 1 N–H and O–H groups in total. The third kappa shape index (κ3) is 4.04. The first-order chi connectivity index (χ1) is 12.5. The second-order valence-corrected chi connectivity index (χ2v) is 7.20. The van der Waals surface area contributed by atoms with Crippen LogP contribution < -0.4 is 5.32 Å². The average Bonchev–Trinajstić information content (AvgIpc) is 3.25. The van der Waals surface area contributed by atoms with Crippen molar-refractivity contribution in [3.05, 3.63) is 41.1 Å². The Morgan fingerprint density at radius 1 is 1.35 bits per heavy atom. The predicted octanol–water partition coefficient (Wildman–Crippen LogP) is 1.77. The zero-order valence-electron chi connectivity index (χ0n) is 15.2. The van der Waals surface area contributed by atoms with Crippen molar-refractivity contribution in [1.29, 1.82) is 0 Å². The molecule has 0 fully saturated rings. The fourth-order valence-corrected chi connectivity index (χ4v) is 3.28. The quantitative estimate of drug-likeness (QED) is 0.859. The van der Waals surface area contributed by atoms with Crippen molar-refractivity contribution in [1.82, 2.24) is 24.9 Å². The molecule has 0 aliphatic carbocycles. The van der Waals surface area contributed by atoms with E-state index in [-0.39, 0.29) is 11.9 Å². The van der Waals surface area contributed by atoms with Crippen molar-refractivity contribution >= 4 is 23.7 Å². The van der Waals surface area contributed by atoms with E-state index < -0.39 is 0 Å². The highest BCUT2D eigenvalue weighted by Gasteiger charge is 2.23. The lowest BCUT2D eigenvalue weighted by Crippen LogP contribution is -2.43. The molecule has 26 heavy (non-hydrogen) atoms. The minimum absolute atomic E-state index is 0.00818. The van der Waals surface area contributed by atoms with Crippen LogP contribution in [0.15, 0.2) is 22.6 Å². The Balaban J connectivity index is 1.58. The minimum atomic E-state index is -0.257. The molecule has 0 unspecified atom stereocenters. The molecule has 3 heterocycles. The minimum Gasteiger partial charge on any atom is -0.455 e. The fourth-order valence-electron chi connectivity index (χ4n) is 2.84. The van der Waals surface area contributed by atoms with Gasteiger partial charge in [-0.1, -0.05) is 0 Å². The summed E-state index contributed by atoms with van der Waals surface area (Å²) < 4.78 is 7.40. The van der Waals surface area contributed by atoms with Crippen LogP contribution in [0.5, 0.6) is 0 Å². The van der Waals surface area contributed by atoms with E-state index >= 15 is 0 Å². The molecule has 1 aliphatic rings. The molecule has 3 rings (SSSR count). The van der Waals surface area contributed by atoms with Crippen molar-refractivity contribution < 1.29 is 14.0 Å². The molecule has 0 spiro atoms. The summed E-state index contributed by atoms with van der Waals surface area (Å²) >= 11 is 1.64. The summed E-state index contributed by atoms with van der Waals surface area (Å²) in [5.41, 5.74) is 1.74. The van der Waals surface area contributed by atoms with E-state index in [2.05, 4.69) is 10.4 Å². The maximum Gasteiger partial charge on any atom is 0.319 e. The zero-order chi connectivity index (χ0) is 18.7. The Kier molecular flexibility index (Phi) is 5.55. The molecular formula is C17H23N5O3S. The van der Waals surface area contributed by atoms with Gasteiger partial charge >= 0.3 is 6.03 Å². The van der Waals surface area contributed by atoms with Crippen LogP contribution in [0, 0.1) is 0 Å². The highest BCUT2D eigenvalue weighted by Crippen LogP contribution is 2.16. The number of carbonyl (C=O) groups excluding carboxylic acids is 2. The fraction of sp³-hybridized carbons (Fsp3) is 0.471. The SMILES string of the molecule is CSCc1ccc(C(=O)NCc2cc3n(n2)CCN(C(=O)N(C)C)C3)o1. The highest BCUT2D eigenvalue weighted by molar-refractivity contribution is 7.97. The molecule has 3 amide bonds. The van der Waals surface area contributed by atoms with Gasteiger partial charge in [-0.3, -0.25) is 9.48 Å². The van der Waals surface area contributed by atoms with Crippen LogP contribution in [0.2, 0.25) is 0 Å². The smallest absolute Gasteiger partial charge is 0.319 e. The molecule has 9 heteroatoms. The summed E-state index contributed by atoms with van der Waals surface area (Å²) in [6.07, 6.45) is 1.98. The molecule has 0 aromatic carbocycles. The van der Waals surface area contributed by atoms with Crippen LogP contribution in [0.25, 0.3) is 0 Å². The largest absolute Gasteiger partial charge is 0.455 e. The van der Waals surface area contributed by atoms with Crippen molar-refractivity contribution in [2.45, 2.75) is 25.4 Å². The van der Waals surface area contributed by atoms with E-state index in [1.165, 1.54) is 0 Å². The van der Waals surface area contributed by atoms with Gasteiger partial charge in [-0.05, 0) is 24.5 Å². The van der Waals surface area contributed by atoms with Crippen molar-refractivity contribution in [3.63, 3.8) is 0 Å². The molecule has 8 nitrogen and oxygen atoms in total. The van der Waals surface area contributed by atoms with E-state index in [9.17, 15) is 9.59 Å². The maximum atomic E-state index is 12.2. The maximum absolute atomic E-state index is 12.2. The van der Waals surface area contributed by atoms with Crippen LogP contribution in [-0.4, -0.2) is 58.4 Å². The zero-order valence-corrected chi connectivity index (χ0v) is 16.0. The molecule has 1 aliphatic heterocycles. The first-order valence-corrected chi connectivity index (χ1v) is 9.75. The van der Waals surface area contributed by atoms with Gasteiger partial charge < -0.3 is 19.5 Å². The van der Waals surface area contributed by atoms with Gasteiger partial charge in [-0.25, -0.2) is 4.79 Å². The van der Waals surface area contributed by atoms with E-state index in [0.717, 1.165) is 22.9 Å². The van der Waals surface area contributed by atoms with Crippen LogP contribution in [0.1, 0.15) is 27.7 Å². The third-order valence-electron chi connectivity index (χ3n) is 4.10. The number of amides is 3. The number of carbonyl (C=O) groups is 2. The predicted molar refractivity (Wildman–Crippen MR) is 98.8 cm³/mol. The first-order valence-electron chi connectivity index (χ1n) is 8.35. The van der Waals surface area contributed by atoms with E-state index in [0.29, 0.717) is 31.9 Å². The Hall–Kier alpha value is -2.42. The Morgan fingerprint density at radius 2 is 2.15 bits per heavy atom. The van der Waals surface area contributed by atoms with Gasteiger partial charge in [-0.15, -0.1) is 0 Å². The monoisotopic (exact) mass is 377 g/mol. The van der Waals surface area contributed by atoms with E-state index in [4.69, 9.17) is 4.42 Å². The molecule has 0 bridgehead atoms. The number of rotatable bonds is 5. The van der Waals surface area contributed by atoms with E-state index in [1.807, 2.05) is 23.1 Å². The lowest BCUT2D eigenvalue weighted by atomic mass is 10.3. The molecule has 2 aromatic heterocycles. The summed E-state index contributed by atoms with van der Waals surface area (Å²) in [6.45, 7) is 2.12. The van der Waals surface area contributed by atoms with Gasteiger partial charge in [0.05, 0.1) is 36.8 Å². The second-order valence-electron chi connectivity index (χ2n) is 6.33. The molecule has 0 radical (unpaired) electrons. The van der Waals surface area contributed by atoms with Crippen LogP contribution >= 0.6 is 11.8 Å². The van der Waals surface area contributed by atoms with Crippen molar-refractivity contribution in [2.75, 3.05) is 26.9 Å². The Bertz CT molecular complexity index is 798. The van der Waals surface area contributed by atoms with Gasteiger partial charge in [0.25, 0.3) is 5.91 Å². The normalized spacial score (nSPS) is 13.4. The topological polar surface area (TPSA) is 83.6 Å². The number of thioether (sulfide) groups is 1. The molecule has 140 valence electrons. The molecular weight excluding hydrogens is 354 g/mol. The van der Waals surface area contributed by atoms with Crippen LogP contribution in [-0.2, 0) is 25.4 Å². The summed E-state index contributed by atoms with van der Waals surface area (Å²) in [4.78, 5) is 27.6. The lowest BCUT2D eigenvalue weighted by molar-refractivity contribution is 0.0921. The Labute approximate surface area is 156 Å². The number of hydrogen-bond acceptors (Lipinski definition) is 5. The third-order valence-corrected chi connectivity index (χ3v) is 4.68. The highest BCUT2D eigenvalue weighted by atomic mass is 32.2. The second kappa shape index (κ2) is 7.86. The van der Waals surface area contributed by atoms with Crippen molar-refractivity contribution in [2.24, 2.45) is 0 Å². The summed E-state index contributed by atoms with van der Waals surface area (Å²) in [5, 5.41) is 7.33. The summed E-state index contributed by atoms with van der Waals surface area (Å²) in [6, 6.07) is 5.42. The van der Waals surface area contributed by atoms with Gasteiger partial charge in [-0.2, -0.15) is 16.9 Å². The molecule has 0 saturated carbocycles. The van der Waals surface area contributed by atoms with Gasteiger partial charge in [0.15, 0.2) is 5.76 Å². The average molecular weight is 377 g/mol. The van der Waals surface area contributed by atoms with Crippen LogP contribution in [0.4, 0.5) is 4.79 Å². The first kappa shape index (κ1) is 18.4. The summed E-state index contributed by atoms with van der Waals surface area (Å²) in [5.74, 6) is 1.57. The molecule has 0 saturated heterocycles. The van der Waals surface area contributed by atoms with Gasteiger partial charge in [0.1, 0.15) is 5.76 Å². The van der Waals surface area contributed by atoms with Gasteiger partial charge in [0.2, 0.25) is 0 Å². The van der Waals surface area contributed by atoms with Gasteiger partial charge in [0, 0.05) is 20.6 Å². The number of urea groups is 1. The standard InChI is InChI=1S/C17H23N5O3S/c1-20(2)17(24)21-6-7-22-13(10-21)8-12(19-22)9-18-16(23)15-5-4-14(25-15)11-26-3/h4-5,8H,6-7,9-11H2,1-3H3,(H,18,23). The molecule has 2 aromatic rings. The van der Waals surface area contributed by atoms with E-state index in [1.54, 1.807) is 41.7 Å². The lowest BCUT2D eigenvalue weighted by Gasteiger charge is -2.29. The number of hydrogen-bond donors (Lipinski definition) is 1. The number of nitrogens with zero attached hydrogens (tertiary/aromatic N) is 4. The number of furan rings is 1. The van der Waals surface area contributed by atoms with Crippen molar-refractivity contribution in [3.8, 4) is 0 Å². The molecule has 0 atom stereocenters. The number of aromatic nitrogens is 2. The van der Waals surface area contributed by atoms with Crippen LogP contribution in [0.3, 0.4) is 0 Å². The summed E-state index contributed by atoms with van der Waals surface area (Å²) in [7, 11) is 3.49. The Morgan fingerprint density at radius 3 is 2.88 bits per heavy atom. The number of fused-ring (bicyclic) bond motifs is 1.